The van der Waals surface area contributed by atoms with Crippen molar-refractivity contribution in [3.05, 3.63) is 24.3 Å². The Balaban J connectivity index is 0.000000472. The smallest absolute Gasteiger partial charge is 0.411 e. The first kappa shape index (κ1) is 68.5. The molecule has 0 aromatic rings. The predicted molar refractivity (Wildman–Crippen MR) is 290 cm³/mol. The molecule has 0 spiro atoms. The van der Waals surface area contributed by atoms with Crippen LogP contribution in [0.5, 0.6) is 0 Å². The number of Topliss-reactive ketones (excluding diaryl/α,β-unsaturated/α-hetero) is 5. The summed E-state index contributed by atoms with van der Waals surface area (Å²) >= 11 is 0. The molecular weight excluding hydrogens is 981 g/mol. The highest BCUT2D eigenvalue weighted by atomic mass is 28.4. The molecule has 3 aliphatic carbocycles. The van der Waals surface area contributed by atoms with Gasteiger partial charge in [-0.1, -0.05) is 60.3 Å². The molecule has 2 amide bonds. The monoisotopic (exact) mass is 1080 g/mol. The van der Waals surface area contributed by atoms with Gasteiger partial charge in [-0.2, -0.15) is 0 Å². The van der Waals surface area contributed by atoms with E-state index in [1.807, 2.05) is 48.5 Å². The van der Waals surface area contributed by atoms with Crippen molar-refractivity contribution in [2.75, 3.05) is 40.0 Å². The third-order valence-electron chi connectivity index (χ3n) is 14.5. The number of likely N-dealkylation sites (tertiary alicyclic amines) is 2. The van der Waals surface area contributed by atoms with Crippen molar-refractivity contribution in [2.45, 2.75) is 215 Å². The lowest BCUT2D eigenvalue weighted by atomic mass is 9.79. The van der Waals surface area contributed by atoms with E-state index in [1.165, 1.54) is 17.6 Å². The second kappa shape index (κ2) is 29.8. The maximum atomic E-state index is 11.8. The van der Waals surface area contributed by atoms with Crippen molar-refractivity contribution >= 4 is 61.4 Å². The normalized spacial score (nSPS) is 25.1. The zero-order valence-corrected chi connectivity index (χ0v) is 50.0. The topological polar surface area (TPSA) is 226 Å². The molecule has 5 fully saturated rings. The summed E-state index contributed by atoms with van der Waals surface area (Å²) in [4.78, 5) is 105. The third kappa shape index (κ3) is 24.5. The minimum Gasteiger partial charge on any atom is -0.467 e. The number of methoxy groups -OCH3 is 1. The van der Waals surface area contributed by atoms with Gasteiger partial charge in [-0.25, -0.2) is 19.2 Å². The van der Waals surface area contributed by atoms with Gasteiger partial charge in [-0.05, 0) is 130 Å². The van der Waals surface area contributed by atoms with Gasteiger partial charge in [0.05, 0.1) is 32.4 Å². The first-order valence-electron chi connectivity index (χ1n) is 26.8. The predicted octanol–water partition coefficient (Wildman–Crippen LogP) is 10.1. The summed E-state index contributed by atoms with van der Waals surface area (Å²) in [5, 5.41) is 10.4. The fraction of sp³-hybridized carbons (Fsp3) is 0.772. The summed E-state index contributed by atoms with van der Waals surface area (Å²) in [6.45, 7) is 40.5. The highest BCUT2D eigenvalue weighted by Gasteiger charge is 2.42. The van der Waals surface area contributed by atoms with Gasteiger partial charge in [0.25, 0.3) is 0 Å². The zero-order chi connectivity index (χ0) is 58.0. The Morgan fingerprint density at radius 3 is 1.67 bits per heavy atom. The van der Waals surface area contributed by atoms with E-state index in [1.54, 1.807) is 27.7 Å². The Bertz CT molecular complexity index is 2030. The second-order valence-corrected chi connectivity index (χ2v) is 29.3. The number of carbonyl (C=O) groups is 9. The van der Waals surface area contributed by atoms with Gasteiger partial charge in [0, 0.05) is 68.6 Å². The van der Waals surface area contributed by atoms with E-state index in [4.69, 9.17) is 18.6 Å². The molecule has 5 aliphatic rings. The SMILES string of the molecule is C=C(C(=O)OCC)[C@H]1CC[C@H](C)C(=O)C1.C=C(C)[C@H]1CC[C@H](C)C(=O)C1.CC(C)(C)[Si](C)(C)OCC[C@]1(O)CCC(=O)C1.COC(=O)[C@@H]1CC(=O)CN1C(=O)OC(C)(C)C.C[C@H]1CCN(C(=O)OC(C)(C)C)CC1=O. The van der Waals surface area contributed by atoms with Gasteiger partial charge in [-0.3, -0.25) is 28.9 Å². The Morgan fingerprint density at radius 2 is 1.23 bits per heavy atom. The van der Waals surface area contributed by atoms with Gasteiger partial charge in [0.1, 0.15) is 34.6 Å². The van der Waals surface area contributed by atoms with Crippen molar-refractivity contribution in [2.24, 2.45) is 29.6 Å². The van der Waals surface area contributed by atoms with Gasteiger partial charge < -0.3 is 33.4 Å². The van der Waals surface area contributed by atoms with E-state index in [-0.39, 0.29) is 77.5 Å². The second-order valence-electron chi connectivity index (χ2n) is 24.5. The minimum absolute atomic E-state index is 0.00671. The number of carbonyl (C=O) groups excluding carboxylic acids is 9. The van der Waals surface area contributed by atoms with Crippen molar-refractivity contribution < 1.29 is 71.6 Å². The molecule has 0 radical (unpaired) electrons. The van der Waals surface area contributed by atoms with Crippen LogP contribution < -0.4 is 0 Å². The average Bonchev–Trinajstić information content (AvgIpc) is 3.85. The molecule has 0 aromatic carbocycles. The molecule has 428 valence electrons. The van der Waals surface area contributed by atoms with Gasteiger partial charge in [-0.15, -0.1) is 0 Å². The number of nitrogens with zero attached hydrogens (tertiary/aromatic N) is 2. The first-order valence-corrected chi connectivity index (χ1v) is 29.7. The molecule has 0 bridgehead atoms. The largest absolute Gasteiger partial charge is 0.467 e. The molecule has 75 heavy (non-hydrogen) atoms. The Morgan fingerprint density at radius 1 is 0.720 bits per heavy atom. The van der Waals surface area contributed by atoms with Crippen LogP contribution in [0.3, 0.4) is 0 Å². The van der Waals surface area contributed by atoms with Crippen molar-refractivity contribution in [3.8, 4) is 0 Å². The molecule has 2 heterocycles. The zero-order valence-electron chi connectivity index (χ0n) is 49.0. The van der Waals surface area contributed by atoms with Crippen LogP contribution in [0.4, 0.5) is 9.59 Å². The number of rotatable bonds is 9. The van der Waals surface area contributed by atoms with E-state index in [9.17, 15) is 48.3 Å². The quantitative estimate of drug-likeness (QED) is 0.0745. The van der Waals surface area contributed by atoms with Crippen molar-refractivity contribution in [1.82, 2.24) is 9.80 Å². The van der Waals surface area contributed by atoms with Gasteiger partial charge >= 0.3 is 24.1 Å². The van der Waals surface area contributed by atoms with Gasteiger partial charge in [0.2, 0.25) is 0 Å². The number of piperidine rings is 1. The molecule has 17 nitrogen and oxygen atoms in total. The van der Waals surface area contributed by atoms with E-state index in [0.29, 0.717) is 75.1 Å². The van der Waals surface area contributed by atoms with Crippen LogP contribution in [0.2, 0.25) is 18.1 Å². The molecular formula is C57H96N2O15Si. The lowest BCUT2D eigenvalue weighted by Crippen LogP contribution is -2.45. The summed E-state index contributed by atoms with van der Waals surface area (Å²) in [6, 6.07) is -0.859. The summed E-state index contributed by atoms with van der Waals surface area (Å²) < 4.78 is 25.8. The van der Waals surface area contributed by atoms with Crippen LogP contribution >= 0.6 is 0 Å². The Kier molecular flexibility index (Phi) is 27.2. The number of ketones is 5. The number of allylic oxidation sites excluding steroid dienone is 1. The van der Waals surface area contributed by atoms with Crippen LogP contribution in [-0.4, -0.2) is 139 Å². The van der Waals surface area contributed by atoms with E-state index >= 15 is 0 Å². The highest BCUT2D eigenvalue weighted by Crippen LogP contribution is 2.38. The van der Waals surface area contributed by atoms with Crippen LogP contribution in [0, 0.1) is 29.6 Å². The van der Waals surface area contributed by atoms with Crippen molar-refractivity contribution in [1.29, 1.82) is 0 Å². The summed E-state index contributed by atoms with van der Waals surface area (Å²) in [5.41, 5.74) is -0.325. The van der Waals surface area contributed by atoms with Crippen LogP contribution in [0.1, 0.15) is 174 Å². The fourth-order valence-electron chi connectivity index (χ4n) is 8.23. The fourth-order valence-corrected chi connectivity index (χ4v) is 9.28. The molecule has 0 aromatic heterocycles. The molecule has 1 N–H and O–H groups in total. The van der Waals surface area contributed by atoms with Crippen molar-refractivity contribution in [3.63, 3.8) is 0 Å². The molecule has 7 atom stereocenters. The maximum absolute atomic E-state index is 11.8. The maximum Gasteiger partial charge on any atom is 0.411 e. The van der Waals surface area contributed by atoms with Crippen LogP contribution in [-0.2, 0) is 56.9 Å². The van der Waals surface area contributed by atoms with E-state index in [2.05, 4.69) is 51.8 Å². The first-order chi connectivity index (χ1) is 34.3. The minimum atomic E-state index is -1.72. The lowest BCUT2D eigenvalue weighted by Gasteiger charge is -2.37. The molecule has 2 aliphatic heterocycles. The van der Waals surface area contributed by atoms with Crippen LogP contribution in [0.25, 0.3) is 0 Å². The average molecular weight is 1080 g/mol. The summed E-state index contributed by atoms with van der Waals surface area (Å²) in [7, 11) is -0.502. The molecule has 0 unspecified atom stereocenters. The standard InChI is InChI=1S/C13H26O3Si.C12H18O3.C11H17NO5.C11H19NO3.C10H16O/c1-12(2,3)17(4,5)16-9-8-13(15)7-6-11(14)10-13;1-4-15-12(14)9(3)10-6-5-8(2)11(13)7-10;1-11(2,3)17-10(15)12-6-7(13)5-8(12)9(14)16-4;1-8-5-6-12(7-9(8)13)10(14)15-11(2,3)4;1-7(2)9-5-4-8(3)10(11)6-9/h15H,6-10H2,1-5H3;8,10H,3-7H2,1-2H3;8H,5-6H2,1-4H3;8H,5-7H2,1-4H3;8-9H,1,4-6H2,2-3H3/t13-;8-,10-;2*8-;8-,9-/m10000/s1. The molecule has 2 saturated heterocycles. The number of ether oxygens (including phenoxy) is 4. The van der Waals surface area contributed by atoms with E-state index < -0.39 is 43.2 Å². The summed E-state index contributed by atoms with van der Waals surface area (Å²) in [5.74, 6) is 0.794. The molecule has 5 rings (SSSR count). The lowest BCUT2D eigenvalue weighted by molar-refractivity contribution is -0.146. The number of aliphatic hydroxyl groups is 1. The molecule has 18 heteroatoms. The number of esters is 2. The van der Waals surface area contributed by atoms with Gasteiger partial charge in [0.15, 0.2) is 19.9 Å². The number of hydrogen-bond acceptors (Lipinski definition) is 15. The number of amides is 2. The summed E-state index contributed by atoms with van der Waals surface area (Å²) in [6.07, 6.45) is 6.80. The molecule has 3 saturated carbocycles. The highest BCUT2D eigenvalue weighted by molar-refractivity contribution is 6.74. The van der Waals surface area contributed by atoms with Crippen LogP contribution in [0.15, 0.2) is 24.3 Å². The third-order valence-corrected chi connectivity index (χ3v) is 19.0. The van der Waals surface area contributed by atoms with E-state index in [0.717, 1.165) is 43.4 Å². The Labute approximate surface area is 450 Å². The Hall–Kier alpha value is -4.55. The number of hydrogen-bond donors (Lipinski definition) is 1.